The van der Waals surface area contributed by atoms with Gasteiger partial charge in [0.1, 0.15) is 0 Å². The van der Waals surface area contributed by atoms with Crippen LogP contribution >= 0.6 is 0 Å². The van der Waals surface area contributed by atoms with Gasteiger partial charge in [0.2, 0.25) is 5.91 Å². The molecular weight excluding hydrogens is 510 g/mol. The maximum atomic E-state index is 12.3. The zero-order chi connectivity index (χ0) is 28.9. The standard InChI is InChI=1S/C35H49N3O3/c1-26(2)14-6-4-5-7-19-34(39)37-25-27-20-21-32(33(24-27)40-3)41-23-13-12-22-36-35-28-15-8-10-17-30(28)38-31-18-11-9-16-29(31)35/h8,10,15,17,20-21,24,26H,4-7,9,11-14,16,18-19,22-23,25H2,1-3H3,(H,36,38)(H,37,39). The summed E-state index contributed by atoms with van der Waals surface area (Å²) >= 11 is 0. The molecule has 0 saturated heterocycles. The highest BCUT2D eigenvalue weighted by Crippen LogP contribution is 2.33. The Morgan fingerprint density at radius 1 is 0.951 bits per heavy atom. The van der Waals surface area contributed by atoms with E-state index in [9.17, 15) is 4.79 Å². The summed E-state index contributed by atoms with van der Waals surface area (Å²) in [6.45, 7) is 6.55. The minimum Gasteiger partial charge on any atom is -0.493 e. The Bertz CT molecular complexity index is 1260. The number of rotatable bonds is 17. The van der Waals surface area contributed by atoms with Gasteiger partial charge in [0, 0.05) is 36.3 Å². The van der Waals surface area contributed by atoms with Crippen LogP contribution in [0.5, 0.6) is 11.5 Å². The lowest BCUT2D eigenvalue weighted by Crippen LogP contribution is -2.22. The van der Waals surface area contributed by atoms with Gasteiger partial charge in [0.25, 0.3) is 0 Å². The van der Waals surface area contributed by atoms with Crippen LogP contribution in [-0.2, 0) is 24.2 Å². The number of amides is 1. The van der Waals surface area contributed by atoms with Crippen molar-refractivity contribution >= 4 is 22.5 Å². The van der Waals surface area contributed by atoms with Gasteiger partial charge in [0.15, 0.2) is 11.5 Å². The van der Waals surface area contributed by atoms with Gasteiger partial charge < -0.3 is 20.1 Å². The first-order chi connectivity index (χ1) is 20.0. The van der Waals surface area contributed by atoms with Crippen LogP contribution in [0.2, 0.25) is 0 Å². The molecule has 1 amide bonds. The molecule has 0 radical (unpaired) electrons. The highest BCUT2D eigenvalue weighted by molar-refractivity contribution is 5.93. The van der Waals surface area contributed by atoms with E-state index in [0.717, 1.165) is 67.8 Å². The van der Waals surface area contributed by atoms with E-state index in [0.29, 0.717) is 25.3 Å². The normalized spacial score (nSPS) is 12.8. The van der Waals surface area contributed by atoms with Crippen molar-refractivity contribution in [3.63, 3.8) is 0 Å². The van der Waals surface area contributed by atoms with Crippen LogP contribution in [0, 0.1) is 5.92 Å². The molecule has 0 aliphatic heterocycles. The van der Waals surface area contributed by atoms with Crippen molar-refractivity contribution < 1.29 is 14.3 Å². The molecule has 0 unspecified atom stereocenters. The molecular formula is C35H49N3O3. The molecule has 1 heterocycles. The lowest BCUT2D eigenvalue weighted by Gasteiger charge is -2.21. The van der Waals surface area contributed by atoms with Crippen LogP contribution < -0.4 is 20.1 Å². The van der Waals surface area contributed by atoms with E-state index in [2.05, 4.69) is 48.7 Å². The maximum Gasteiger partial charge on any atom is 0.220 e. The summed E-state index contributed by atoms with van der Waals surface area (Å²) in [5.74, 6) is 2.32. The van der Waals surface area contributed by atoms with E-state index in [1.54, 1.807) is 7.11 Å². The molecule has 0 saturated carbocycles. The number of fused-ring (bicyclic) bond motifs is 2. The van der Waals surface area contributed by atoms with Crippen molar-refractivity contribution in [2.24, 2.45) is 5.92 Å². The highest BCUT2D eigenvalue weighted by Gasteiger charge is 2.17. The molecule has 0 bridgehead atoms. The summed E-state index contributed by atoms with van der Waals surface area (Å²) in [5, 5.41) is 8.01. The molecule has 6 heteroatoms. The fourth-order valence-corrected chi connectivity index (χ4v) is 5.62. The van der Waals surface area contributed by atoms with Gasteiger partial charge in [0.05, 0.1) is 19.2 Å². The van der Waals surface area contributed by atoms with Gasteiger partial charge >= 0.3 is 0 Å². The molecule has 222 valence electrons. The Hall–Kier alpha value is -3.28. The largest absolute Gasteiger partial charge is 0.493 e. The van der Waals surface area contributed by atoms with E-state index in [1.165, 1.54) is 54.4 Å². The first-order valence-electron chi connectivity index (χ1n) is 15.8. The second-order valence-corrected chi connectivity index (χ2v) is 11.7. The molecule has 1 aromatic heterocycles. The third-order valence-corrected chi connectivity index (χ3v) is 7.95. The van der Waals surface area contributed by atoms with E-state index in [4.69, 9.17) is 14.5 Å². The molecule has 2 aromatic carbocycles. The summed E-state index contributed by atoms with van der Waals surface area (Å²) in [4.78, 5) is 17.2. The molecule has 4 rings (SSSR count). The fourth-order valence-electron chi connectivity index (χ4n) is 5.62. The van der Waals surface area contributed by atoms with Crippen molar-refractivity contribution in [3.05, 3.63) is 59.3 Å². The van der Waals surface area contributed by atoms with Crippen LogP contribution in [0.1, 0.15) is 94.9 Å². The van der Waals surface area contributed by atoms with Crippen molar-refractivity contribution in [2.75, 3.05) is 25.6 Å². The average Bonchev–Trinajstić information content (AvgIpc) is 2.99. The molecule has 0 atom stereocenters. The van der Waals surface area contributed by atoms with Gasteiger partial charge in [-0.05, 0) is 80.2 Å². The molecule has 6 nitrogen and oxygen atoms in total. The predicted molar refractivity (Wildman–Crippen MR) is 169 cm³/mol. The number of ether oxygens (including phenoxy) is 2. The molecule has 3 aromatic rings. The molecule has 0 fully saturated rings. The Labute approximate surface area is 246 Å². The number of aromatic nitrogens is 1. The maximum absolute atomic E-state index is 12.3. The van der Waals surface area contributed by atoms with Crippen molar-refractivity contribution in [2.45, 2.75) is 97.4 Å². The van der Waals surface area contributed by atoms with Crippen molar-refractivity contribution in [3.8, 4) is 11.5 Å². The molecule has 41 heavy (non-hydrogen) atoms. The second kappa shape index (κ2) is 16.2. The highest BCUT2D eigenvalue weighted by atomic mass is 16.5. The zero-order valence-corrected chi connectivity index (χ0v) is 25.4. The van der Waals surface area contributed by atoms with E-state index in [1.807, 2.05) is 18.2 Å². The Balaban J connectivity index is 1.17. The fraction of sp³-hybridized carbons (Fsp3) is 0.543. The van der Waals surface area contributed by atoms with E-state index in [-0.39, 0.29) is 5.91 Å². The van der Waals surface area contributed by atoms with Crippen molar-refractivity contribution in [1.29, 1.82) is 0 Å². The van der Waals surface area contributed by atoms with Crippen molar-refractivity contribution in [1.82, 2.24) is 10.3 Å². The summed E-state index contributed by atoms with van der Waals surface area (Å²) in [5.41, 5.74) is 6.04. The third kappa shape index (κ3) is 9.37. The Morgan fingerprint density at radius 3 is 2.63 bits per heavy atom. The van der Waals surface area contributed by atoms with Crippen LogP contribution in [0.3, 0.4) is 0 Å². The van der Waals surface area contributed by atoms with Gasteiger partial charge in [-0.1, -0.05) is 63.8 Å². The summed E-state index contributed by atoms with van der Waals surface area (Å²) in [6.07, 6.45) is 13.0. The van der Waals surface area contributed by atoms with Gasteiger partial charge in [-0.3, -0.25) is 9.78 Å². The van der Waals surface area contributed by atoms with Gasteiger partial charge in [-0.15, -0.1) is 0 Å². The number of hydrogen-bond acceptors (Lipinski definition) is 5. The molecule has 2 N–H and O–H groups in total. The first-order valence-corrected chi connectivity index (χ1v) is 15.8. The number of carbonyl (C=O) groups is 1. The van der Waals surface area contributed by atoms with Crippen LogP contribution in [-0.4, -0.2) is 31.2 Å². The molecule has 1 aliphatic carbocycles. The number of pyridine rings is 1. The number of anilines is 1. The minimum absolute atomic E-state index is 0.113. The predicted octanol–water partition coefficient (Wildman–Crippen LogP) is 8.01. The lowest BCUT2D eigenvalue weighted by molar-refractivity contribution is -0.121. The average molecular weight is 560 g/mol. The van der Waals surface area contributed by atoms with E-state index >= 15 is 0 Å². The number of carbonyl (C=O) groups excluding carboxylic acids is 1. The number of hydrogen-bond donors (Lipinski definition) is 2. The summed E-state index contributed by atoms with van der Waals surface area (Å²) in [6, 6.07) is 14.4. The Kier molecular flexibility index (Phi) is 12.1. The monoisotopic (exact) mass is 559 g/mol. The second-order valence-electron chi connectivity index (χ2n) is 11.7. The van der Waals surface area contributed by atoms with Crippen LogP contribution in [0.25, 0.3) is 10.9 Å². The SMILES string of the molecule is COc1cc(CNC(=O)CCCCCCC(C)C)ccc1OCCCCNc1c2c(nc3ccccc13)CCCC2. The van der Waals surface area contributed by atoms with Crippen LogP contribution in [0.15, 0.2) is 42.5 Å². The zero-order valence-electron chi connectivity index (χ0n) is 25.4. The quantitative estimate of drug-likeness (QED) is 0.164. The summed E-state index contributed by atoms with van der Waals surface area (Å²) in [7, 11) is 1.66. The van der Waals surface area contributed by atoms with E-state index < -0.39 is 0 Å². The third-order valence-electron chi connectivity index (χ3n) is 7.95. The number of unbranched alkanes of at least 4 members (excludes halogenated alkanes) is 4. The molecule has 0 spiro atoms. The number of methoxy groups -OCH3 is 1. The Morgan fingerprint density at radius 2 is 1.78 bits per heavy atom. The van der Waals surface area contributed by atoms with Gasteiger partial charge in [-0.25, -0.2) is 0 Å². The minimum atomic E-state index is 0.113. The smallest absolute Gasteiger partial charge is 0.220 e. The van der Waals surface area contributed by atoms with Gasteiger partial charge in [-0.2, -0.15) is 0 Å². The molecule has 1 aliphatic rings. The number of benzene rings is 2. The lowest BCUT2D eigenvalue weighted by atomic mass is 9.92. The first kappa shape index (κ1) is 30.7. The number of aryl methyl sites for hydroxylation is 1. The number of nitrogens with one attached hydrogen (secondary N) is 2. The summed E-state index contributed by atoms with van der Waals surface area (Å²) < 4.78 is 11.7. The number of nitrogens with zero attached hydrogens (tertiary/aromatic N) is 1. The van der Waals surface area contributed by atoms with Crippen LogP contribution in [0.4, 0.5) is 5.69 Å². The number of para-hydroxylation sites is 1. The topological polar surface area (TPSA) is 72.5 Å².